The van der Waals surface area contributed by atoms with E-state index in [9.17, 15) is 4.79 Å². The molecule has 5 heteroatoms. The Morgan fingerprint density at radius 1 is 1.36 bits per heavy atom. The predicted octanol–water partition coefficient (Wildman–Crippen LogP) is 2.44. The van der Waals surface area contributed by atoms with Crippen molar-refractivity contribution in [3.05, 3.63) is 46.3 Å². The summed E-state index contributed by atoms with van der Waals surface area (Å²) >= 11 is 0. The fraction of sp³-hybridized carbons (Fsp3) is 0.500. The molecule has 0 aliphatic heterocycles. The van der Waals surface area contributed by atoms with E-state index in [1.54, 1.807) is 0 Å². The third-order valence-corrected chi connectivity index (χ3v) is 5.49. The summed E-state index contributed by atoms with van der Waals surface area (Å²) < 4.78 is 1.99. The molecule has 1 aromatic carbocycles. The smallest absolute Gasteiger partial charge is 0.272 e. The molecule has 1 fully saturated rings. The molecule has 0 bridgehead atoms. The minimum Gasteiger partial charge on any atom is -0.346 e. The van der Waals surface area contributed by atoms with Crippen molar-refractivity contribution in [3.8, 4) is 5.69 Å². The molecule has 1 saturated carbocycles. The molecule has 0 radical (unpaired) electrons. The highest BCUT2D eigenvalue weighted by Crippen LogP contribution is 2.33. The Morgan fingerprint density at radius 2 is 2.16 bits per heavy atom. The molecule has 1 unspecified atom stereocenters. The molecule has 3 N–H and O–H groups in total. The molecular weight excluding hydrogens is 312 g/mol. The second-order valence-corrected chi connectivity index (χ2v) is 7.48. The highest BCUT2D eigenvalue weighted by molar-refractivity contribution is 5.94. The lowest BCUT2D eigenvalue weighted by molar-refractivity contribution is 0.0927. The lowest BCUT2D eigenvalue weighted by atomic mass is 10.1. The number of hydrogen-bond acceptors (Lipinski definition) is 3. The third kappa shape index (κ3) is 2.97. The van der Waals surface area contributed by atoms with Crippen LogP contribution >= 0.6 is 0 Å². The zero-order valence-corrected chi connectivity index (χ0v) is 15.0. The number of nitrogens with one attached hydrogen (secondary N) is 1. The highest BCUT2D eigenvalue weighted by Gasteiger charge is 2.33. The van der Waals surface area contributed by atoms with Gasteiger partial charge >= 0.3 is 0 Å². The number of rotatable bonds is 5. The predicted molar refractivity (Wildman–Crippen MR) is 98.1 cm³/mol. The molecule has 1 aromatic heterocycles. The molecular formula is C20H26N4O. The van der Waals surface area contributed by atoms with Crippen LogP contribution in [0, 0.1) is 19.8 Å². The Kier molecular flexibility index (Phi) is 4.12. The van der Waals surface area contributed by atoms with Crippen LogP contribution in [0.3, 0.4) is 0 Å². The van der Waals surface area contributed by atoms with Crippen molar-refractivity contribution in [2.75, 3.05) is 6.54 Å². The number of aromatic nitrogens is 2. The summed E-state index contributed by atoms with van der Waals surface area (Å²) in [4.78, 5) is 12.8. The number of nitrogens with two attached hydrogens (primary N) is 1. The number of nitrogens with zero attached hydrogens (tertiary/aromatic N) is 2. The molecule has 132 valence electrons. The van der Waals surface area contributed by atoms with E-state index >= 15 is 0 Å². The van der Waals surface area contributed by atoms with Crippen LogP contribution in [0.1, 0.15) is 52.1 Å². The van der Waals surface area contributed by atoms with E-state index in [-0.39, 0.29) is 11.9 Å². The van der Waals surface area contributed by atoms with E-state index in [0.29, 0.717) is 18.2 Å². The van der Waals surface area contributed by atoms with Crippen LogP contribution in [-0.2, 0) is 12.8 Å². The number of carbonyl (C=O) groups is 1. The van der Waals surface area contributed by atoms with Crippen molar-refractivity contribution >= 4 is 5.91 Å². The fourth-order valence-electron chi connectivity index (χ4n) is 3.97. The van der Waals surface area contributed by atoms with Crippen molar-refractivity contribution in [1.29, 1.82) is 0 Å². The highest BCUT2D eigenvalue weighted by atomic mass is 16.2. The van der Waals surface area contributed by atoms with Crippen LogP contribution < -0.4 is 11.1 Å². The lowest BCUT2D eigenvalue weighted by Gasteiger charge is -2.15. The van der Waals surface area contributed by atoms with Crippen LogP contribution in [0.2, 0.25) is 0 Å². The number of amides is 1. The van der Waals surface area contributed by atoms with E-state index in [1.807, 2.05) is 4.68 Å². The standard InChI is InChI=1S/C20H26N4O/c1-12-6-9-17(13(2)10-12)24-18-5-3-4-15(18)19(23-24)20(25)22-16(11-21)14-7-8-14/h6,9-10,14,16H,3-5,7-8,11,21H2,1-2H3,(H,22,25). The van der Waals surface area contributed by atoms with Crippen LogP contribution in [-0.4, -0.2) is 28.3 Å². The van der Waals surface area contributed by atoms with E-state index in [4.69, 9.17) is 10.8 Å². The van der Waals surface area contributed by atoms with Gasteiger partial charge in [-0.15, -0.1) is 0 Å². The van der Waals surface area contributed by atoms with Crippen LogP contribution in [0.15, 0.2) is 18.2 Å². The van der Waals surface area contributed by atoms with Gasteiger partial charge in [-0.1, -0.05) is 17.7 Å². The number of aryl methyl sites for hydroxylation is 2. The van der Waals surface area contributed by atoms with Gasteiger partial charge in [0.15, 0.2) is 5.69 Å². The molecule has 2 aromatic rings. The number of fused-ring (bicyclic) bond motifs is 1. The molecule has 1 atom stereocenters. The van der Waals surface area contributed by atoms with Gasteiger partial charge in [-0.3, -0.25) is 4.79 Å². The Hall–Kier alpha value is -2.14. The summed E-state index contributed by atoms with van der Waals surface area (Å²) in [5, 5.41) is 7.85. The first-order chi connectivity index (χ1) is 12.1. The summed E-state index contributed by atoms with van der Waals surface area (Å²) in [5.74, 6) is 0.479. The SMILES string of the molecule is Cc1ccc(-n2nc(C(=O)NC(CN)C3CC3)c3c2CCC3)c(C)c1. The molecule has 5 nitrogen and oxygen atoms in total. The topological polar surface area (TPSA) is 72.9 Å². The largest absolute Gasteiger partial charge is 0.346 e. The average Bonchev–Trinajstić information content (AvgIpc) is 3.20. The molecule has 4 rings (SSSR count). The number of hydrogen-bond donors (Lipinski definition) is 2. The first-order valence-electron chi connectivity index (χ1n) is 9.28. The summed E-state index contributed by atoms with van der Waals surface area (Å²) in [5.41, 5.74) is 12.2. The summed E-state index contributed by atoms with van der Waals surface area (Å²) in [6.07, 6.45) is 5.32. The van der Waals surface area contributed by atoms with Gasteiger partial charge in [0.1, 0.15) is 0 Å². The monoisotopic (exact) mass is 338 g/mol. The zero-order valence-electron chi connectivity index (χ0n) is 15.0. The van der Waals surface area contributed by atoms with Crippen molar-refractivity contribution in [2.24, 2.45) is 11.7 Å². The maximum absolute atomic E-state index is 12.8. The van der Waals surface area contributed by atoms with Gasteiger partial charge < -0.3 is 11.1 Å². The Balaban J connectivity index is 1.69. The van der Waals surface area contributed by atoms with Gasteiger partial charge in [0.2, 0.25) is 0 Å². The van der Waals surface area contributed by atoms with Gasteiger partial charge in [0.05, 0.1) is 5.69 Å². The second-order valence-electron chi connectivity index (χ2n) is 7.48. The van der Waals surface area contributed by atoms with E-state index in [0.717, 1.165) is 43.4 Å². The van der Waals surface area contributed by atoms with Gasteiger partial charge in [-0.05, 0) is 63.5 Å². The Morgan fingerprint density at radius 3 is 2.84 bits per heavy atom. The Labute approximate surface area is 148 Å². The molecule has 2 aliphatic carbocycles. The van der Waals surface area contributed by atoms with Crippen molar-refractivity contribution in [1.82, 2.24) is 15.1 Å². The normalized spacial score (nSPS) is 17.4. The minimum atomic E-state index is -0.0657. The van der Waals surface area contributed by atoms with Crippen molar-refractivity contribution in [3.63, 3.8) is 0 Å². The maximum atomic E-state index is 12.8. The first-order valence-corrected chi connectivity index (χ1v) is 9.28. The molecule has 2 aliphatic rings. The molecule has 25 heavy (non-hydrogen) atoms. The molecule has 0 spiro atoms. The summed E-state index contributed by atoms with van der Waals surface area (Å²) in [7, 11) is 0. The summed E-state index contributed by atoms with van der Waals surface area (Å²) in [6.45, 7) is 4.69. The van der Waals surface area contributed by atoms with Crippen LogP contribution in [0.4, 0.5) is 0 Å². The Bertz CT molecular complexity index is 819. The number of benzene rings is 1. The van der Waals surface area contributed by atoms with Crippen LogP contribution in [0.5, 0.6) is 0 Å². The van der Waals surface area contributed by atoms with E-state index < -0.39 is 0 Å². The van der Waals surface area contributed by atoms with Gasteiger partial charge in [-0.25, -0.2) is 4.68 Å². The van der Waals surface area contributed by atoms with Crippen molar-refractivity contribution in [2.45, 2.75) is 52.0 Å². The summed E-state index contributed by atoms with van der Waals surface area (Å²) in [6, 6.07) is 6.44. The first kappa shape index (κ1) is 16.3. The lowest BCUT2D eigenvalue weighted by Crippen LogP contribution is -2.42. The maximum Gasteiger partial charge on any atom is 0.272 e. The second kappa shape index (κ2) is 6.30. The molecule has 0 saturated heterocycles. The van der Waals surface area contributed by atoms with Gasteiger partial charge in [0, 0.05) is 23.8 Å². The van der Waals surface area contributed by atoms with Crippen LogP contribution in [0.25, 0.3) is 5.69 Å². The minimum absolute atomic E-state index is 0.0657. The average molecular weight is 338 g/mol. The van der Waals surface area contributed by atoms with E-state index in [1.165, 1.54) is 16.8 Å². The van der Waals surface area contributed by atoms with Crippen molar-refractivity contribution < 1.29 is 4.79 Å². The quantitative estimate of drug-likeness (QED) is 0.879. The van der Waals surface area contributed by atoms with Gasteiger partial charge in [0.25, 0.3) is 5.91 Å². The molecule has 1 heterocycles. The zero-order chi connectivity index (χ0) is 17.6. The fourth-order valence-corrected chi connectivity index (χ4v) is 3.97. The van der Waals surface area contributed by atoms with E-state index in [2.05, 4.69) is 37.4 Å². The van der Waals surface area contributed by atoms with Gasteiger partial charge in [-0.2, -0.15) is 5.10 Å². The number of carbonyl (C=O) groups excluding carboxylic acids is 1. The third-order valence-electron chi connectivity index (χ3n) is 5.49. The molecule has 1 amide bonds.